The van der Waals surface area contributed by atoms with E-state index in [1.165, 1.54) is 18.7 Å². The summed E-state index contributed by atoms with van der Waals surface area (Å²) in [5.74, 6) is -1.29. The molecule has 0 saturated carbocycles. The molecule has 0 spiro atoms. The van der Waals surface area contributed by atoms with Gasteiger partial charge in [-0.05, 0) is 22.3 Å². The Balaban J connectivity index is 2.17. The van der Waals surface area contributed by atoms with Gasteiger partial charge in [0.15, 0.2) is 0 Å². The molecule has 0 aromatic heterocycles. The summed E-state index contributed by atoms with van der Waals surface area (Å²) >= 11 is 1.46. The smallest absolute Gasteiger partial charge is 0.327 e. The van der Waals surface area contributed by atoms with E-state index in [1.807, 2.05) is 84.9 Å². The highest BCUT2D eigenvalue weighted by atomic mass is 32.2. The molecule has 3 N–H and O–H groups in total. The van der Waals surface area contributed by atoms with Gasteiger partial charge in [-0.2, -0.15) is 0 Å². The third kappa shape index (κ3) is 5.16. The Morgan fingerprint density at radius 3 is 1.77 bits per heavy atom. The summed E-state index contributed by atoms with van der Waals surface area (Å²) in [6.07, 6.45) is 0. The molecular formula is C25H25NO4S. The second-order valence-corrected chi connectivity index (χ2v) is 8.41. The Morgan fingerprint density at radius 2 is 1.35 bits per heavy atom. The minimum absolute atomic E-state index is 0.0548. The van der Waals surface area contributed by atoms with Gasteiger partial charge in [-0.1, -0.05) is 84.9 Å². The van der Waals surface area contributed by atoms with Crippen molar-refractivity contribution in [1.82, 2.24) is 5.32 Å². The van der Waals surface area contributed by atoms with Crippen LogP contribution in [0.2, 0.25) is 0 Å². The van der Waals surface area contributed by atoms with E-state index in [9.17, 15) is 19.8 Å². The molecule has 6 heteroatoms. The molecule has 0 bridgehead atoms. The van der Waals surface area contributed by atoms with Gasteiger partial charge in [0.25, 0.3) is 0 Å². The van der Waals surface area contributed by atoms with E-state index in [2.05, 4.69) is 5.32 Å². The average molecular weight is 436 g/mol. The lowest BCUT2D eigenvalue weighted by molar-refractivity contribution is -0.140. The van der Waals surface area contributed by atoms with Gasteiger partial charge in [-0.15, -0.1) is 11.8 Å². The zero-order valence-corrected chi connectivity index (χ0v) is 18.0. The van der Waals surface area contributed by atoms with Crippen molar-refractivity contribution >= 4 is 23.6 Å². The molecule has 3 rings (SSSR count). The van der Waals surface area contributed by atoms with Gasteiger partial charge in [0.1, 0.15) is 6.04 Å². The van der Waals surface area contributed by atoms with Crippen molar-refractivity contribution in [1.29, 1.82) is 0 Å². The van der Waals surface area contributed by atoms with Gasteiger partial charge in [-0.25, -0.2) is 4.79 Å². The second kappa shape index (κ2) is 10.3. The predicted molar refractivity (Wildman–Crippen MR) is 123 cm³/mol. The number of nitrogens with one attached hydrogen (secondary N) is 1. The normalized spacial score (nSPS) is 12.2. The first-order valence-corrected chi connectivity index (χ1v) is 10.9. The van der Waals surface area contributed by atoms with Crippen LogP contribution in [0.5, 0.6) is 0 Å². The summed E-state index contributed by atoms with van der Waals surface area (Å²) < 4.78 is -0.706. The third-order valence-electron chi connectivity index (χ3n) is 5.05. The van der Waals surface area contributed by atoms with Gasteiger partial charge in [0, 0.05) is 12.7 Å². The maximum Gasteiger partial charge on any atom is 0.327 e. The van der Waals surface area contributed by atoms with Gasteiger partial charge in [0.2, 0.25) is 5.91 Å². The average Bonchev–Trinajstić information content (AvgIpc) is 2.80. The maximum atomic E-state index is 11.8. The lowest BCUT2D eigenvalue weighted by atomic mass is 9.83. The topological polar surface area (TPSA) is 86.6 Å². The first kappa shape index (κ1) is 22.6. The highest BCUT2D eigenvalue weighted by molar-refractivity contribution is 8.00. The van der Waals surface area contributed by atoms with E-state index in [4.69, 9.17) is 0 Å². The van der Waals surface area contributed by atoms with Crippen molar-refractivity contribution < 1.29 is 19.8 Å². The number of carbonyl (C=O) groups excluding carboxylic acids is 1. The van der Waals surface area contributed by atoms with Crippen molar-refractivity contribution in [2.75, 3.05) is 5.75 Å². The van der Waals surface area contributed by atoms with Crippen molar-refractivity contribution in [2.24, 2.45) is 0 Å². The molecule has 1 atom stereocenters. The van der Waals surface area contributed by atoms with Crippen molar-refractivity contribution in [2.45, 2.75) is 24.3 Å². The summed E-state index contributed by atoms with van der Waals surface area (Å²) in [5, 5.41) is 21.7. The van der Waals surface area contributed by atoms with Crippen LogP contribution in [0, 0.1) is 0 Å². The summed E-state index contributed by atoms with van der Waals surface area (Å²) in [4.78, 5) is 23.3. The fourth-order valence-corrected chi connectivity index (χ4v) is 5.12. The van der Waals surface area contributed by atoms with Crippen molar-refractivity contribution in [3.63, 3.8) is 0 Å². The number of rotatable bonds is 9. The zero-order valence-electron chi connectivity index (χ0n) is 17.2. The molecule has 3 aromatic carbocycles. The van der Waals surface area contributed by atoms with Crippen LogP contribution in [0.15, 0.2) is 84.9 Å². The maximum absolute atomic E-state index is 11.8. The first-order valence-electron chi connectivity index (χ1n) is 9.92. The number of thioether (sulfide) groups is 1. The fourth-order valence-electron chi connectivity index (χ4n) is 3.57. The summed E-state index contributed by atoms with van der Waals surface area (Å²) in [6, 6.07) is 26.5. The predicted octanol–water partition coefficient (Wildman–Crippen LogP) is 3.79. The molecule has 0 aliphatic rings. The molecular weight excluding hydrogens is 410 g/mol. The standard InChI is InChI=1S/C25H25NO4S/c1-18(28)26-23(24(29)30)17-31-25(20-8-4-2-5-9-20,21-10-6-3-7-11-21)22-14-12-19(16-27)13-15-22/h2-15,23,27H,16-17H2,1H3,(H,26,28)(H,29,30)/t23-/m0/s1. The Hall–Kier alpha value is -3.09. The quantitative estimate of drug-likeness (QED) is 0.445. The molecule has 0 aliphatic carbocycles. The number of carbonyl (C=O) groups is 2. The van der Waals surface area contributed by atoms with Gasteiger partial charge in [-0.3, -0.25) is 4.79 Å². The Morgan fingerprint density at radius 1 is 0.871 bits per heavy atom. The van der Waals surface area contributed by atoms with Crippen LogP contribution < -0.4 is 5.32 Å². The number of benzene rings is 3. The molecule has 0 fully saturated rings. The molecule has 0 unspecified atom stereocenters. The number of aliphatic hydroxyl groups is 1. The number of carboxylic acid groups (broad SMARTS) is 1. The van der Waals surface area contributed by atoms with Crippen LogP contribution in [0.3, 0.4) is 0 Å². The van der Waals surface area contributed by atoms with E-state index < -0.39 is 16.8 Å². The van der Waals surface area contributed by atoms with Gasteiger partial charge >= 0.3 is 5.97 Å². The molecule has 0 radical (unpaired) electrons. The first-order chi connectivity index (χ1) is 15.0. The fraction of sp³-hybridized carbons (Fsp3) is 0.200. The molecule has 1 amide bonds. The Kier molecular flexibility index (Phi) is 7.50. The number of amides is 1. The number of hydrogen-bond donors (Lipinski definition) is 3. The molecule has 5 nitrogen and oxygen atoms in total. The second-order valence-electron chi connectivity index (χ2n) is 7.17. The van der Waals surface area contributed by atoms with Crippen molar-refractivity contribution in [3.05, 3.63) is 107 Å². The highest BCUT2D eigenvalue weighted by Gasteiger charge is 2.38. The molecule has 0 aliphatic heterocycles. The van der Waals surface area contributed by atoms with Crippen LogP contribution in [-0.2, 0) is 20.9 Å². The molecule has 0 saturated heterocycles. The molecule has 31 heavy (non-hydrogen) atoms. The Labute approximate surface area is 186 Å². The lowest BCUT2D eigenvalue weighted by Gasteiger charge is -2.36. The van der Waals surface area contributed by atoms with E-state index >= 15 is 0 Å². The summed E-state index contributed by atoms with van der Waals surface area (Å²) in [7, 11) is 0. The SMILES string of the molecule is CC(=O)N[C@@H](CSC(c1ccccc1)(c1ccccc1)c1ccc(CO)cc1)C(=O)O. The molecule has 3 aromatic rings. The van der Waals surface area contributed by atoms with Gasteiger partial charge < -0.3 is 15.5 Å². The lowest BCUT2D eigenvalue weighted by Crippen LogP contribution is -2.42. The van der Waals surface area contributed by atoms with E-state index in [1.54, 1.807) is 0 Å². The van der Waals surface area contributed by atoms with Crippen LogP contribution >= 0.6 is 11.8 Å². The van der Waals surface area contributed by atoms with Crippen molar-refractivity contribution in [3.8, 4) is 0 Å². The summed E-state index contributed by atoms with van der Waals surface area (Å²) in [6.45, 7) is 1.26. The Bertz CT molecular complexity index is 967. The van der Waals surface area contributed by atoms with E-state index in [0.29, 0.717) is 0 Å². The number of hydrogen-bond acceptors (Lipinski definition) is 4. The monoisotopic (exact) mass is 435 g/mol. The van der Waals surface area contributed by atoms with Crippen LogP contribution in [-0.4, -0.2) is 33.9 Å². The molecule has 160 valence electrons. The van der Waals surface area contributed by atoms with Gasteiger partial charge in [0.05, 0.1) is 11.4 Å². The highest BCUT2D eigenvalue weighted by Crippen LogP contribution is 2.48. The number of aliphatic hydroxyl groups excluding tert-OH is 1. The van der Waals surface area contributed by atoms with E-state index in [-0.39, 0.29) is 18.3 Å². The van der Waals surface area contributed by atoms with E-state index in [0.717, 1.165) is 22.3 Å². The van der Waals surface area contributed by atoms with Crippen LogP contribution in [0.25, 0.3) is 0 Å². The molecule has 0 heterocycles. The summed E-state index contributed by atoms with van der Waals surface area (Å²) in [5.41, 5.74) is 3.74. The number of carboxylic acids is 1. The zero-order chi connectivity index (χ0) is 22.3. The largest absolute Gasteiger partial charge is 0.480 e. The van der Waals surface area contributed by atoms with Crippen LogP contribution in [0.1, 0.15) is 29.2 Å². The third-order valence-corrected chi connectivity index (χ3v) is 6.69. The minimum atomic E-state index is -1.08. The number of aliphatic carboxylic acids is 1. The minimum Gasteiger partial charge on any atom is -0.480 e. The van der Waals surface area contributed by atoms with Crippen LogP contribution in [0.4, 0.5) is 0 Å².